The first-order valence-electron chi connectivity index (χ1n) is 7.63. The normalized spacial score (nSPS) is 13.3. The van der Waals surface area contributed by atoms with Gasteiger partial charge in [0.2, 0.25) is 0 Å². The van der Waals surface area contributed by atoms with Crippen molar-refractivity contribution in [2.24, 2.45) is 0 Å². The zero-order chi connectivity index (χ0) is 15.5. The molecule has 0 saturated carbocycles. The Morgan fingerprint density at radius 3 is 1.09 bits per heavy atom. The van der Waals surface area contributed by atoms with Crippen LogP contribution >= 0.6 is 18.1 Å². The molecule has 0 amide bonds. The van der Waals surface area contributed by atoms with Crippen molar-refractivity contribution < 1.29 is 0 Å². The van der Waals surface area contributed by atoms with E-state index in [1.807, 2.05) is 0 Å². The molecule has 3 aromatic rings. The number of thiol groups is 1. The fourth-order valence-electron chi connectivity index (χ4n) is 3.24. The van der Waals surface area contributed by atoms with Crippen LogP contribution in [0.15, 0.2) is 91.0 Å². The van der Waals surface area contributed by atoms with Crippen LogP contribution in [0.2, 0.25) is 0 Å². The number of benzene rings is 3. The summed E-state index contributed by atoms with van der Waals surface area (Å²) < 4.78 is 0. The molecule has 0 spiro atoms. The maximum absolute atomic E-state index is 5.51. The molecular weight excluding hydrogens is 303 g/mol. The average Bonchev–Trinajstić information content (AvgIpc) is 2.63. The Morgan fingerprint density at radius 2 is 0.864 bits per heavy atom. The fourth-order valence-corrected chi connectivity index (χ4v) is 8.88. The Kier molecular flexibility index (Phi) is 4.12. The minimum atomic E-state index is -2.71. The van der Waals surface area contributed by atoms with Gasteiger partial charge in [0, 0.05) is 0 Å². The molecule has 0 heterocycles. The van der Waals surface area contributed by atoms with Gasteiger partial charge >= 0.3 is 138 Å². The predicted molar refractivity (Wildman–Crippen MR) is 105 cm³/mol. The van der Waals surface area contributed by atoms with Crippen LogP contribution in [0, 0.1) is 0 Å². The van der Waals surface area contributed by atoms with Crippen molar-refractivity contribution in [2.75, 3.05) is 6.16 Å². The molecule has 0 atom stereocenters. The van der Waals surface area contributed by atoms with Gasteiger partial charge in [-0.1, -0.05) is 0 Å². The predicted octanol–water partition coefficient (Wildman–Crippen LogP) is 4.38. The minimum absolute atomic E-state index is 0.993. The third-order valence-electron chi connectivity index (χ3n) is 4.55. The second-order valence-corrected chi connectivity index (χ2v) is 12.9. The molecule has 0 radical (unpaired) electrons. The molecule has 0 bridgehead atoms. The SMILES string of the molecule is CCP(S)(c1ccccc1)(c1ccccc1)c1ccccc1. The molecule has 3 aromatic carbocycles. The van der Waals surface area contributed by atoms with Crippen molar-refractivity contribution in [1.82, 2.24) is 0 Å². The molecule has 0 N–H and O–H groups in total. The zero-order valence-electron chi connectivity index (χ0n) is 12.8. The summed E-state index contributed by atoms with van der Waals surface area (Å²) in [5, 5.41) is 3.99. The van der Waals surface area contributed by atoms with Crippen LogP contribution < -0.4 is 15.9 Å². The first-order valence-corrected chi connectivity index (χ1v) is 11.2. The summed E-state index contributed by atoms with van der Waals surface area (Å²) >= 11 is 5.51. The molecule has 0 saturated heterocycles. The van der Waals surface area contributed by atoms with Gasteiger partial charge in [0.05, 0.1) is 0 Å². The van der Waals surface area contributed by atoms with Crippen molar-refractivity contribution in [2.45, 2.75) is 6.92 Å². The second-order valence-electron chi connectivity index (χ2n) is 5.57. The summed E-state index contributed by atoms with van der Waals surface area (Å²) in [5.74, 6) is -2.71. The Balaban J connectivity index is 2.41. The molecule has 0 aliphatic carbocycles. The molecular formula is C20H21PS. The topological polar surface area (TPSA) is 0 Å². The van der Waals surface area contributed by atoms with Gasteiger partial charge < -0.3 is 0 Å². The Morgan fingerprint density at radius 1 is 0.591 bits per heavy atom. The third-order valence-corrected chi connectivity index (χ3v) is 12.9. The van der Waals surface area contributed by atoms with E-state index in [2.05, 4.69) is 97.9 Å². The molecule has 3 rings (SSSR count). The van der Waals surface area contributed by atoms with Crippen LogP contribution in [0.1, 0.15) is 6.92 Å². The number of rotatable bonds is 4. The standard InChI is InChI=1S/C20H21PS/c1-2-21(22,18-12-6-3-7-13-18,19-14-8-4-9-15-19)20-16-10-5-11-17-20/h3-17,22H,2H2,1H3. The number of hydrogen-bond acceptors (Lipinski definition) is 1. The van der Waals surface area contributed by atoms with Gasteiger partial charge in [0.1, 0.15) is 0 Å². The van der Waals surface area contributed by atoms with Gasteiger partial charge in [0.25, 0.3) is 0 Å². The Bertz CT molecular complexity index is 639. The van der Waals surface area contributed by atoms with Gasteiger partial charge in [-0.05, 0) is 0 Å². The molecule has 22 heavy (non-hydrogen) atoms. The van der Waals surface area contributed by atoms with Crippen molar-refractivity contribution >= 4 is 34.0 Å². The van der Waals surface area contributed by atoms with E-state index in [-0.39, 0.29) is 0 Å². The summed E-state index contributed by atoms with van der Waals surface area (Å²) in [6.07, 6.45) is 0.993. The van der Waals surface area contributed by atoms with E-state index in [0.29, 0.717) is 0 Å². The molecule has 0 unspecified atom stereocenters. The van der Waals surface area contributed by atoms with E-state index in [1.54, 1.807) is 0 Å². The molecule has 0 aromatic heterocycles. The molecule has 0 aliphatic rings. The molecule has 112 valence electrons. The van der Waals surface area contributed by atoms with Gasteiger partial charge in [-0.3, -0.25) is 0 Å². The molecule has 2 heteroatoms. The summed E-state index contributed by atoms with van der Waals surface area (Å²) in [5.41, 5.74) is 0. The molecule has 0 nitrogen and oxygen atoms in total. The van der Waals surface area contributed by atoms with Crippen molar-refractivity contribution in [3.05, 3.63) is 91.0 Å². The van der Waals surface area contributed by atoms with Crippen LogP contribution in [0.4, 0.5) is 0 Å². The van der Waals surface area contributed by atoms with Gasteiger partial charge in [-0.2, -0.15) is 0 Å². The van der Waals surface area contributed by atoms with Gasteiger partial charge in [-0.25, -0.2) is 0 Å². The van der Waals surface area contributed by atoms with Crippen LogP contribution in [-0.2, 0) is 0 Å². The summed E-state index contributed by atoms with van der Waals surface area (Å²) in [6, 6.07) is 32.3. The van der Waals surface area contributed by atoms with Crippen LogP contribution in [-0.4, -0.2) is 6.16 Å². The van der Waals surface area contributed by atoms with E-state index in [9.17, 15) is 0 Å². The molecule has 0 aliphatic heterocycles. The summed E-state index contributed by atoms with van der Waals surface area (Å²) in [4.78, 5) is 0. The Labute approximate surface area is 138 Å². The van der Waals surface area contributed by atoms with E-state index < -0.39 is 5.81 Å². The zero-order valence-corrected chi connectivity index (χ0v) is 14.6. The molecule has 0 fully saturated rings. The van der Waals surface area contributed by atoms with Crippen molar-refractivity contribution in [3.63, 3.8) is 0 Å². The van der Waals surface area contributed by atoms with Gasteiger partial charge in [-0.15, -0.1) is 0 Å². The van der Waals surface area contributed by atoms with E-state index in [0.717, 1.165) is 6.16 Å². The average molecular weight is 324 g/mol. The van der Waals surface area contributed by atoms with Gasteiger partial charge in [0.15, 0.2) is 0 Å². The third kappa shape index (κ3) is 2.20. The first-order chi connectivity index (χ1) is 10.7. The first kappa shape index (κ1) is 15.3. The van der Waals surface area contributed by atoms with E-state index in [1.165, 1.54) is 15.9 Å². The summed E-state index contributed by atoms with van der Waals surface area (Å²) in [7, 11) is 0. The van der Waals surface area contributed by atoms with E-state index >= 15 is 0 Å². The van der Waals surface area contributed by atoms with Crippen molar-refractivity contribution in [1.29, 1.82) is 0 Å². The number of hydrogen-bond donors (Lipinski definition) is 1. The van der Waals surface area contributed by atoms with E-state index in [4.69, 9.17) is 12.2 Å². The quantitative estimate of drug-likeness (QED) is 0.534. The monoisotopic (exact) mass is 324 g/mol. The van der Waals surface area contributed by atoms with Crippen LogP contribution in [0.5, 0.6) is 0 Å². The van der Waals surface area contributed by atoms with Crippen LogP contribution in [0.25, 0.3) is 0 Å². The van der Waals surface area contributed by atoms with Crippen LogP contribution in [0.3, 0.4) is 0 Å². The Hall–Kier alpha value is -1.56. The van der Waals surface area contributed by atoms with Crippen molar-refractivity contribution in [3.8, 4) is 0 Å². The summed E-state index contributed by atoms with van der Waals surface area (Å²) in [6.45, 7) is 2.26. The second kappa shape index (κ2) is 5.91. The maximum atomic E-state index is 5.51. The fraction of sp³-hybridized carbons (Fsp3) is 0.100.